The van der Waals surface area contributed by atoms with Gasteiger partial charge in [0.05, 0.1) is 19.1 Å². The summed E-state index contributed by atoms with van der Waals surface area (Å²) in [6.45, 7) is 7.37. The minimum Gasteiger partial charge on any atom is -0.379 e. The highest BCUT2D eigenvalue weighted by atomic mass is 32.2. The molecule has 1 saturated heterocycles. The van der Waals surface area contributed by atoms with Crippen molar-refractivity contribution in [3.05, 3.63) is 22.1 Å². The van der Waals surface area contributed by atoms with Crippen LogP contribution in [0.2, 0.25) is 0 Å². The first-order valence-corrected chi connectivity index (χ1v) is 9.41. The molecule has 3 heterocycles. The van der Waals surface area contributed by atoms with Crippen molar-refractivity contribution >= 4 is 17.7 Å². The molecule has 0 radical (unpaired) electrons. The van der Waals surface area contributed by atoms with Crippen molar-refractivity contribution in [1.82, 2.24) is 19.8 Å². The fourth-order valence-electron chi connectivity index (χ4n) is 2.94. The van der Waals surface area contributed by atoms with Gasteiger partial charge in [-0.2, -0.15) is 0 Å². The monoisotopic (exact) mass is 352 g/mol. The number of nitrogens with one attached hydrogen (secondary N) is 1. The Morgan fingerprint density at radius 3 is 3.04 bits per heavy atom. The van der Waals surface area contributed by atoms with Gasteiger partial charge in [-0.15, -0.1) is 0 Å². The second-order valence-corrected chi connectivity index (χ2v) is 7.23. The van der Waals surface area contributed by atoms with Gasteiger partial charge in [-0.1, -0.05) is 11.8 Å². The van der Waals surface area contributed by atoms with Crippen LogP contribution in [0.25, 0.3) is 0 Å². The van der Waals surface area contributed by atoms with Crippen molar-refractivity contribution in [2.75, 3.05) is 45.1 Å². The summed E-state index contributed by atoms with van der Waals surface area (Å²) >= 11 is 1.48. The molecule has 0 aliphatic carbocycles. The number of carbonyl (C=O) groups is 1. The van der Waals surface area contributed by atoms with E-state index in [-0.39, 0.29) is 17.4 Å². The van der Waals surface area contributed by atoms with Gasteiger partial charge < -0.3 is 10.1 Å². The Labute approximate surface area is 145 Å². The highest BCUT2D eigenvalue weighted by Crippen LogP contribution is 2.24. The molecule has 3 rings (SSSR count). The van der Waals surface area contributed by atoms with E-state index in [1.54, 1.807) is 17.7 Å². The standard InChI is InChI=1S/C16H24N4O3S/c1-12-9-18-16-20(15(12)22)10-13(11-24-16)14(21)17-3-2-4-19-5-7-23-8-6-19/h9,13H,2-8,10-11H2,1H3,(H,17,21). The first-order chi connectivity index (χ1) is 11.6. The van der Waals surface area contributed by atoms with Crippen LogP contribution in [0.1, 0.15) is 12.0 Å². The van der Waals surface area contributed by atoms with Crippen LogP contribution < -0.4 is 10.9 Å². The Balaban J connectivity index is 1.46. The van der Waals surface area contributed by atoms with Crippen LogP contribution in [0.4, 0.5) is 0 Å². The number of nitrogens with zero attached hydrogens (tertiary/aromatic N) is 3. The Morgan fingerprint density at radius 2 is 2.25 bits per heavy atom. The van der Waals surface area contributed by atoms with Crippen LogP contribution in [-0.2, 0) is 16.1 Å². The number of aromatic nitrogens is 2. The number of amides is 1. The quantitative estimate of drug-likeness (QED) is 0.599. The molecular formula is C16H24N4O3S. The number of rotatable bonds is 5. The maximum Gasteiger partial charge on any atom is 0.257 e. The van der Waals surface area contributed by atoms with Gasteiger partial charge in [0.25, 0.3) is 5.56 Å². The number of hydrogen-bond donors (Lipinski definition) is 1. The third kappa shape index (κ3) is 4.17. The van der Waals surface area contributed by atoms with Crippen molar-refractivity contribution in [2.24, 2.45) is 5.92 Å². The molecule has 7 nitrogen and oxygen atoms in total. The molecule has 0 saturated carbocycles. The van der Waals surface area contributed by atoms with E-state index in [4.69, 9.17) is 4.74 Å². The van der Waals surface area contributed by atoms with Crippen LogP contribution in [0, 0.1) is 12.8 Å². The van der Waals surface area contributed by atoms with E-state index in [0.29, 0.717) is 29.6 Å². The number of hydrogen-bond acceptors (Lipinski definition) is 6. The molecule has 1 atom stereocenters. The van der Waals surface area contributed by atoms with E-state index >= 15 is 0 Å². The summed E-state index contributed by atoms with van der Waals surface area (Å²) in [5.74, 6) is 0.529. The van der Waals surface area contributed by atoms with Crippen molar-refractivity contribution < 1.29 is 9.53 Å². The molecule has 8 heteroatoms. The second kappa shape index (κ2) is 8.13. The highest BCUT2D eigenvalue weighted by molar-refractivity contribution is 7.99. The van der Waals surface area contributed by atoms with Gasteiger partial charge in [0.2, 0.25) is 5.91 Å². The molecule has 24 heavy (non-hydrogen) atoms. The van der Waals surface area contributed by atoms with Crippen LogP contribution >= 0.6 is 11.8 Å². The molecule has 2 aliphatic heterocycles. The van der Waals surface area contributed by atoms with E-state index < -0.39 is 0 Å². The lowest BCUT2D eigenvalue weighted by atomic mass is 10.1. The van der Waals surface area contributed by atoms with Gasteiger partial charge in [0, 0.05) is 43.7 Å². The molecule has 2 aliphatic rings. The predicted molar refractivity (Wildman–Crippen MR) is 92.3 cm³/mol. The minimum absolute atomic E-state index is 0.0310. The Kier molecular flexibility index (Phi) is 5.91. The number of thioether (sulfide) groups is 1. The van der Waals surface area contributed by atoms with E-state index in [9.17, 15) is 9.59 Å². The normalized spacial score (nSPS) is 21.3. The van der Waals surface area contributed by atoms with Crippen LogP contribution in [0.3, 0.4) is 0 Å². The second-order valence-electron chi connectivity index (χ2n) is 6.25. The number of aryl methyl sites for hydroxylation is 1. The largest absolute Gasteiger partial charge is 0.379 e. The smallest absolute Gasteiger partial charge is 0.257 e. The first-order valence-electron chi connectivity index (χ1n) is 8.42. The molecule has 1 amide bonds. The zero-order valence-electron chi connectivity index (χ0n) is 14.0. The van der Waals surface area contributed by atoms with E-state index in [0.717, 1.165) is 39.3 Å². The summed E-state index contributed by atoms with van der Waals surface area (Å²) in [6, 6.07) is 0. The number of fused-ring (bicyclic) bond motifs is 1. The molecule has 0 bridgehead atoms. The van der Waals surface area contributed by atoms with E-state index in [2.05, 4.69) is 15.2 Å². The topological polar surface area (TPSA) is 76.5 Å². The minimum atomic E-state index is -0.174. The number of carbonyl (C=O) groups excluding carboxylic acids is 1. The molecule has 132 valence electrons. The summed E-state index contributed by atoms with van der Waals surface area (Å²) in [5, 5.41) is 3.72. The Bertz CT molecular complexity index is 643. The molecule has 1 fully saturated rings. The summed E-state index contributed by atoms with van der Waals surface area (Å²) in [6.07, 6.45) is 2.54. The van der Waals surface area contributed by atoms with Crippen molar-refractivity contribution in [1.29, 1.82) is 0 Å². The van der Waals surface area contributed by atoms with Gasteiger partial charge in [0.15, 0.2) is 5.16 Å². The van der Waals surface area contributed by atoms with Crippen LogP contribution in [0.15, 0.2) is 16.1 Å². The van der Waals surface area contributed by atoms with E-state index in [1.165, 1.54) is 11.8 Å². The lowest BCUT2D eigenvalue weighted by Crippen LogP contribution is -2.41. The van der Waals surface area contributed by atoms with Gasteiger partial charge in [-0.05, 0) is 19.9 Å². The summed E-state index contributed by atoms with van der Waals surface area (Å²) in [4.78, 5) is 31.2. The summed E-state index contributed by atoms with van der Waals surface area (Å²) in [5.41, 5.74) is 0.572. The van der Waals surface area contributed by atoms with Gasteiger partial charge in [0.1, 0.15) is 0 Å². The van der Waals surface area contributed by atoms with Gasteiger partial charge in [-0.3, -0.25) is 19.1 Å². The fraction of sp³-hybridized carbons (Fsp3) is 0.688. The lowest BCUT2D eigenvalue weighted by molar-refractivity contribution is -0.124. The number of ether oxygens (including phenoxy) is 1. The van der Waals surface area contributed by atoms with Gasteiger partial charge in [-0.25, -0.2) is 4.98 Å². The molecule has 0 aromatic carbocycles. The Hall–Kier alpha value is -1.38. The predicted octanol–water partition coefficient (Wildman–Crippen LogP) is 0.112. The zero-order chi connectivity index (χ0) is 16.9. The maximum absolute atomic E-state index is 12.4. The van der Waals surface area contributed by atoms with E-state index in [1.807, 2.05) is 0 Å². The fourth-order valence-corrected chi connectivity index (χ4v) is 3.99. The van der Waals surface area contributed by atoms with Crippen molar-refractivity contribution in [3.8, 4) is 0 Å². The number of morpholine rings is 1. The molecule has 0 spiro atoms. The summed E-state index contributed by atoms with van der Waals surface area (Å²) < 4.78 is 6.95. The maximum atomic E-state index is 12.4. The molecular weight excluding hydrogens is 328 g/mol. The molecule has 1 N–H and O–H groups in total. The Morgan fingerprint density at radius 1 is 1.46 bits per heavy atom. The molecule has 1 unspecified atom stereocenters. The van der Waals surface area contributed by atoms with Gasteiger partial charge >= 0.3 is 0 Å². The summed E-state index contributed by atoms with van der Waals surface area (Å²) in [7, 11) is 0. The molecule has 1 aromatic heterocycles. The zero-order valence-corrected chi connectivity index (χ0v) is 14.8. The third-order valence-corrected chi connectivity index (χ3v) is 5.58. The third-order valence-electron chi connectivity index (χ3n) is 4.42. The van der Waals surface area contributed by atoms with Crippen LogP contribution in [-0.4, -0.2) is 65.5 Å². The molecule has 1 aromatic rings. The average Bonchev–Trinajstić information content (AvgIpc) is 2.62. The highest BCUT2D eigenvalue weighted by Gasteiger charge is 2.26. The SMILES string of the molecule is Cc1cnc2n(c1=O)CC(C(=O)NCCCN1CCOCC1)CS2. The van der Waals surface area contributed by atoms with Crippen molar-refractivity contribution in [2.45, 2.75) is 25.0 Å². The van der Waals surface area contributed by atoms with Crippen molar-refractivity contribution in [3.63, 3.8) is 0 Å². The lowest BCUT2D eigenvalue weighted by Gasteiger charge is -2.27. The first kappa shape index (κ1) is 17.4. The average molecular weight is 352 g/mol. The van der Waals surface area contributed by atoms with Crippen LogP contribution in [0.5, 0.6) is 0 Å².